The smallest absolute Gasteiger partial charge is 0.340 e. The van der Waals surface area contributed by atoms with Gasteiger partial charge in [0.15, 0.2) is 6.10 Å². The van der Waals surface area contributed by atoms with Crippen LogP contribution in [0.15, 0.2) is 54.1 Å². The quantitative estimate of drug-likeness (QED) is 0.270. The number of rotatable bonds is 12. The van der Waals surface area contributed by atoms with Crippen molar-refractivity contribution in [3.05, 3.63) is 59.7 Å². The van der Waals surface area contributed by atoms with Gasteiger partial charge in [0.05, 0.1) is 0 Å². The highest BCUT2D eigenvalue weighted by atomic mass is 16.6. The zero-order valence-corrected chi connectivity index (χ0v) is 19.3. The summed E-state index contributed by atoms with van der Waals surface area (Å²) < 4.78 is 11.6. The molecular formula is C27H38O3. The minimum Gasteiger partial charge on any atom is -0.460 e. The van der Waals surface area contributed by atoms with E-state index in [-0.39, 0.29) is 12.1 Å². The molecule has 0 aromatic heterocycles. The van der Waals surface area contributed by atoms with Gasteiger partial charge in [-0.15, -0.1) is 0 Å². The lowest BCUT2D eigenvalue weighted by Crippen LogP contribution is -2.26. The van der Waals surface area contributed by atoms with Gasteiger partial charge in [0.25, 0.3) is 0 Å². The molecule has 0 aliphatic heterocycles. The molecular weight excluding hydrogens is 372 g/mol. The highest BCUT2D eigenvalue weighted by Crippen LogP contribution is 2.26. The SMILES string of the molecule is CCCC[C@@H](C[C@H](C)CCC=C(C)C)OC(=O)C(OC)c1ccc2ccccc2c1. The third-order valence-corrected chi connectivity index (χ3v) is 5.57. The van der Waals surface area contributed by atoms with E-state index >= 15 is 0 Å². The number of carbonyl (C=O) groups excluding carboxylic acids is 1. The van der Waals surface area contributed by atoms with Crippen molar-refractivity contribution in [3.63, 3.8) is 0 Å². The monoisotopic (exact) mass is 410 g/mol. The van der Waals surface area contributed by atoms with Gasteiger partial charge in [-0.05, 0) is 67.9 Å². The summed E-state index contributed by atoms with van der Waals surface area (Å²) in [6, 6.07) is 14.1. The third kappa shape index (κ3) is 7.60. The van der Waals surface area contributed by atoms with Crippen molar-refractivity contribution < 1.29 is 14.3 Å². The molecule has 164 valence electrons. The molecule has 2 aromatic rings. The molecule has 0 aliphatic rings. The van der Waals surface area contributed by atoms with E-state index < -0.39 is 6.10 Å². The Morgan fingerprint density at radius 3 is 2.47 bits per heavy atom. The molecule has 0 bridgehead atoms. The van der Waals surface area contributed by atoms with Crippen molar-refractivity contribution in [2.24, 2.45) is 5.92 Å². The van der Waals surface area contributed by atoms with Crippen molar-refractivity contribution in [1.82, 2.24) is 0 Å². The summed E-state index contributed by atoms with van der Waals surface area (Å²) in [6.45, 7) is 8.69. The minimum atomic E-state index is -0.695. The van der Waals surface area contributed by atoms with Crippen molar-refractivity contribution in [3.8, 4) is 0 Å². The summed E-state index contributed by atoms with van der Waals surface area (Å²) in [7, 11) is 1.57. The summed E-state index contributed by atoms with van der Waals surface area (Å²) in [4.78, 5) is 13.0. The molecule has 0 radical (unpaired) electrons. The Hall–Kier alpha value is -2.13. The number of hydrogen-bond acceptors (Lipinski definition) is 3. The standard InChI is InChI=1S/C27H38O3/c1-6-7-15-25(18-21(4)12-10-11-20(2)3)30-27(28)26(29-5)24-17-16-22-13-8-9-14-23(22)19-24/h8-9,11,13-14,16-17,19,21,25-26H,6-7,10,12,15,18H2,1-5H3/t21-,25+,26?/m1/s1. The first-order valence-corrected chi connectivity index (χ1v) is 11.3. The van der Waals surface area contributed by atoms with Crippen LogP contribution in [0.1, 0.15) is 77.9 Å². The fraction of sp³-hybridized carbons (Fsp3) is 0.519. The second kappa shape index (κ2) is 12.5. The third-order valence-electron chi connectivity index (χ3n) is 5.57. The van der Waals surface area contributed by atoms with Crippen LogP contribution in [0.25, 0.3) is 10.8 Å². The minimum absolute atomic E-state index is 0.0581. The van der Waals surface area contributed by atoms with Crippen molar-refractivity contribution in [2.75, 3.05) is 7.11 Å². The van der Waals surface area contributed by atoms with E-state index in [9.17, 15) is 4.79 Å². The second-order valence-corrected chi connectivity index (χ2v) is 8.62. The number of benzene rings is 2. The molecule has 0 spiro atoms. The van der Waals surface area contributed by atoms with Gasteiger partial charge in [0.2, 0.25) is 0 Å². The molecule has 2 rings (SSSR count). The van der Waals surface area contributed by atoms with Crippen molar-refractivity contribution in [1.29, 1.82) is 0 Å². The van der Waals surface area contributed by atoms with Crippen LogP contribution in [-0.4, -0.2) is 19.2 Å². The number of hydrogen-bond donors (Lipinski definition) is 0. The molecule has 1 unspecified atom stereocenters. The number of allylic oxidation sites excluding steroid dienone is 2. The predicted octanol–water partition coefficient (Wildman–Crippen LogP) is 7.40. The van der Waals surface area contributed by atoms with Crippen LogP contribution in [0.2, 0.25) is 0 Å². The van der Waals surface area contributed by atoms with Crippen LogP contribution in [0.4, 0.5) is 0 Å². The predicted molar refractivity (Wildman–Crippen MR) is 126 cm³/mol. The van der Waals surface area contributed by atoms with E-state index in [4.69, 9.17) is 9.47 Å². The van der Waals surface area contributed by atoms with E-state index in [0.717, 1.165) is 54.9 Å². The summed E-state index contributed by atoms with van der Waals surface area (Å²) in [5, 5.41) is 2.25. The summed E-state index contributed by atoms with van der Waals surface area (Å²) in [5.74, 6) is 0.224. The van der Waals surface area contributed by atoms with E-state index in [1.807, 2.05) is 30.3 Å². The van der Waals surface area contributed by atoms with Crippen LogP contribution in [0, 0.1) is 5.92 Å². The molecule has 3 atom stereocenters. The van der Waals surface area contributed by atoms with E-state index in [2.05, 4.69) is 45.9 Å². The Labute approximate surface area is 182 Å². The topological polar surface area (TPSA) is 35.5 Å². The number of carbonyl (C=O) groups is 1. The maximum atomic E-state index is 13.0. The van der Waals surface area contributed by atoms with Gasteiger partial charge in [0.1, 0.15) is 6.10 Å². The maximum absolute atomic E-state index is 13.0. The van der Waals surface area contributed by atoms with Gasteiger partial charge >= 0.3 is 5.97 Å². The summed E-state index contributed by atoms with van der Waals surface area (Å²) in [5.41, 5.74) is 2.20. The van der Waals surface area contributed by atoms with Crippen LogP contribution < -0.4 is 0 Å². The van der Waals surface area contributed by atoms with Crippen LogP contribution >= 0.6 is 0 Å². The molecule has 0 amide bonds. The first-order valence-electron chi connectivity index (χ1n) is 11.3. The van der Waals surface area contributed by atoms with Gasteiger partial charge in [-0.3, -0.25) is 0 Å². The lowest BCUT2D eigenvalue weighted by atomic mass is 9.95. The Morgan fingerprint density at radius 1 is 1.07 bits per heavy atom. The molecule has 0 saturated carbocycles. The molecule has 0 heterocycles. The van der Waals surface area contributed by atoms with Crippen LogP contribution in [-0.2, 0) is 14.3 Å². The second-order valence-electron chi connectivity index (χ2n) is 8.62. The zero-order valence-electron chi connectivity index (χ0n) is 19.3. The van der Waals surface area contributed by atoms with Crippen LogP contribution in [0.5, 0.6) is 0 Å². The molecule has 0 fully saturated rings. The zero-order chi connectivity index (χ0) is 21.9. The average Bonchev–Trinajstić information content (AvgIpc) is 2.72. The van der Waals surface area contributed by atoms with Crippen LogP contribution in [0.3, 0.4) is 0 Å². The van der Waals surface area contributed by atoms with E-state index in [1.54, 1.807) is 7.11 Å². The Kier molecular flexibility index (Phi) is 10.1. The van der Waals surface area contributed by atoms with Gasteiger partial charge < -0.3 is 9.47 Å². The van der Waals surface area contributed by atoms with Gasteiger partial charge in [-0.25, -0.2) is 4.79 Å². The Bertz CT molecular complexity index is 820. The summed E-state index contributed by atoms with van der Waals surface area (Å²) in [6.07, 6.45) is 7.69. The number of esters is 1. The number of fused-ring (bicyclic) bond motifs is 1. The normalized spacial score (nSPS) is 14.2. The molecule has 2 aromatic carbocycles. The molecule has 0 N–H and O–H groups in total. The van der Waals surface area contributed by atoms with E-state index in [0.29, 0.717) is 5.92 Å². The first-order chi connectivity index (χ1) is 14.4. The fourth-order valence-electron chi connectivity index (χ4n) is 3.85. The summed E-state index contributed by atoms with van der Waals surface area (Å²) >= 11 is 0. The largest absolute Gasteiger partial charge is 0.460 e. The first kappa shape index (κ1) is 24.1. The fourth-order valence-corrected chi connectivity index (χ4v) is 3.85. The highest BCUT2D eigenvalue weighted by Gasteiger charge is 2.26. The number of ether oxygens (including phenoxy) is 2. The van der Waals surface area contributed by atoms with Gasteiger partial charge in [-0.1, -0.05) is 74.7 Å². The molecule has 30 heavy (non-hydrogen) atoms. The van der Waals surface area contributed by atoms with Crippen molar-refractivity contribution in [2.45, 2.75) is 78.4 Å². The lowest BCUT2D eigenvalue weighted by Gasteiger charge is -2.24. The molecule has 0 aliphatic carbocycles. The van der Waals surface area contributed by atoms with E-state index in [1.165, 1.54) is 5.57 Å². The number of unbranched alkanes of at least 4 members (excludes halogenated alkanes) is 1. The highest BCUT2D eigenvalue weighted by molar-refractivity contribution is 5.85. The van der Waals surface area contributed by atoms with Gasteiger partial charge in [-0.2, -0.15) is 0 Å². The molecule has 0 saturated heterocycles. The molecule has 3 nitrogen and oxygen atoms in total. The average molecular weight is 411 g/mol. The Balaban J connectivity index is 2.06. The van der Waals surface area contributed by atoms with Gasteiger partial charge in [0, 0.05) is 7.11 Å². The Morgan fingerprint density at radius 2 is 1.80 bits per heavy atom. The molecule has 3 heteroatoms. The number of methoxy groups -OCH3 is 1. The maximum Gasteiger partial charge on any atom is 0.340 e. The van der Waals surface area contributed by atoms with Crippen molar-refractivity contribution >= 4 is 16.7 Å². The lowest BCUT2D eigenvalue weighted by molar-refractivity contribution is -0.162.